The van der Waals surface area contributed by atoms with Gasteiger partial charge in [0.25, 0.3) is 0 Å². The first-order chi connectivity index (χ1) is 12.2. The van der Waals surface area contributed by atoms with Gasteiger partial charge in [0.05, 0.1) is 5.75 Å². The third-order valence-electron chi connectivity index (χ3n) is 3.95. The van der Waals surface area contributed by atoms with Gasteiger partial charge in [-0.15, -0.1) is 10.2 Å². The van der Waals surface area contributed by atoms with E-state index in [1.54, 1.807) is 0 Å². The molecule has 0 fully saturated rings. The fraction of sp³-hybridized carbons (Fsp3) is 0.316. The average Bonchev–Trinajstić information content (AvgIpc) is 3.02. The lowest BCUT2D eigenvalue weighted by Gasteiger charge is -2.08. The molecule has 0 saturated heterocycles. The Morgan fingerprint density at radius 2 is 1.92 bits per heavy atom. The van der Waals surface area contributed by atoms with Gasteiger partial charge in [0.2, 0.25) is 5.91 Å². The molecular formula is C19H22N4OS. The molecule has 1 N–H and O–H groups in total. The lowest BCUT2D eigenvalue weighted by atomic mass is 10.1. The first-order valence-corrected chi connectivity index (χ1v) is 9.53. The summed E-state index contributed by atoms with van der Waals surface area (Å²) in [5.41, 5.74) is 0.813. The Bertz CT molecular complexity index is 875. The Morgan fingerprint density at radius 3 is 2.68 bits per heavy atom. The molecule has 3 rings (SSSR count). The van der Waals surface area contributed by atoms with Gasteiger partial charge in [-0.05, 0) is 36.2 Å². The molecule has 1 aromatic heterocycles. The summed E-state index contributed by atoms with van der Waals surface area (Å²) in [7, 11) is 0. The summed E-state index contributed by atoms with van der Waals surface area (Å²) in [5, 5.41) is 14.5. The Hall–Kier alpha value is -2.34. The van der Waals surface area contributed by atoms with Gasteiger partial charge >= 0.3 is 0 Å². The lowest BCUT2D eigenvalue weighted by molar-refractivity contribution is -0.113. The van der Waals surface area contributed by atoms with Crippen molar-refractivity contribution in [1.29, 1.82) is 0 Å². The third-order valence-corrected chi connectivity index (χ3v) is 4.92. The van der Waals surface area contributed by atoms with E-state index in [0.717, 1.165) is 46.8 Å². The van der Waals surface area contributed by atoms with Gasteiger partial charge in [0, 0.05) is 18.7 Å². The molecule has 2 aromatic carbocycles. The van der Waals surface area contributed by atoms with Crippen LogP contribution < -0.4 is 5.32 Å². The van der Waals surface area contributed by atoms with Crippen LogP contribution in [0.2, 0.25) is 0 Å². The highest BCUT2D eigenvalue weighted by Crippen LogP contribution is 2.21. The predicted octanol–water partition coefficient (Wildman–Crippen LogP) is 4.13. The molecule has 1 heterocycles. The van der Waals surface area contributed by atoms with E-state index in [-0.39, 0.29) is 5.91 Å². The lowest BCUT2D eigenvalue weighted by Crippen LogP contribution is -2.14. The van der Waals surface area contributed by atoms with E-state index in [2.05, 4.69) is 40.0 Å². The van der Waals surface area contributed by atoms with E-state index in [9.17, 15) is 4.79 Å². The summed E-state index contributed by atoms with van der Waals surface area (Å²) >= 11 is 1.43. The van der Waals surface area contributed by atoms with Gasteiger partial charge in [0.1, 0.15) is 5.82 Å². The molecule has 0 unspecified atom stereocenters. The van der Waals surface area contributed by atoms with Gasteiger partial charge < -0.3 is 9.88 Å². The van der Waals surface area contributed by atoms with Crippen molar-refractivity contribution in [2.45, 2.75) is 38.4 Å². The molecule has 6 heteroatoms. The van der Waals surface area contributed by atoms with Gasteiger partial charge in [0.15, 0.2) is 5.16 Å². The maximum absolute atomic E-state index is 12.3. The number of rotatable bonds is 7. The number of nitrogens with one attached hydrogen (secondary N) is 1. The number of benzene rings is 2. The van der Waals surface area contributed by atoms with Crippen LogP contribution in [0.4, 0.5) is 5.69 Å². The molecule has 130 valence electrons. The number of carbonyl (C=O) groups is 1. The van der Waals surface area contributed by atoms with Crippen molar-refractivity contribution in [3.05, 3.63) is 48.3 Å². The Balaban J connectivity index is 1.62. The number of anilines is 1. The standard InChI is InChI=1S/C19H22N4OS/c1-3-7-17-21-22-19(23(17)4-2)25-13-18(24)20-16-11-10-14-8-5-6-9-15(14)12-16/h5-6,8-12H,3-4,7,13H2,1-2H3,(H,20,24). The Kier molecular flexibility index (Phi) is 5.71. The number of hydrogen-bond acceptors (Lipinski definition) is 4. The van der Waals surface area contributed by atoms with Crippen LogP contribution in [0.15, 0.2) is 47.6 Å². The number of carbonyl (C=O) groups excluding carboxylic acids is 1. The molecule has 0 aliphatic heterocycles. The van der Waals surface area contributed by atoms with Crippen molar-refractivity contribution in [2.24, 2.45) is 0 Å². The van der Waals surface area contributed by atoms with E-state index in [4.69, 9.17) is 0 Å². The first-order valence-electron chi connectivity index (χ1n) is 8.54. The number of nitrogens with zero attached hydrogens (tertiary/aromatic N) is 3. The van der Waals surface area contributed by atoms with Gasteiger partial charge in [-0.25, -0.2) is 0 Å². The normalized spacial score (nSPS) is 11.0. The zero-order valence-corrected chi connectivity index (χ0v) is 15.3. The summed E-state index contributed by atoms with van der Waals surface area (Å²) in [4.78, 5) is 12.3. The van der Waals surface area contributed by atoms with E-state index in [1.807, 2.05) is 36.4 Å². The second kappa shape index (κ2) is 8.16. The molecule has 0 saturated carbocycles. The van der Waals surface area contributed by atoms with Crippen molar-refractivity contribution in [3.8, 4) is 0 Å². The first kappa shape index (κ1) is 17.5. The van der Waals surface area contributed by atoms with Crippen molar-refractivity contribution in [2.75, 3.05) is 11.1 Å². The van der Waals surface area contributed by atoms with E-state index in [0.29, 0.717) is 5.75 Å². The summed E-state index contributed by atoms with van der Waals surface area (Å²) in [6.45, 7) is 5.01. The molecule has 0 aliphatic rings. The molecule has 25 heavy (non-hydrogen) atoms. The van der Waals surface area contributed by atoms with Gasteiger partial charge in [-0.1, -0.05) is 49.0 Å². The van der Waals surface area contributed by atoms with Gasteiger partial charge in [-0.3, -0.25) is 4.79 Å². The van der Waals surface area contributed by atoms with Crippen molar-refractivity contribution in [1.82, 2.24) is 14.8 Å². The van der Waals surface area contributed by atoms with Crippen LogP contribution in [0.5, 0.6) is 0 Å². The average molecular weight is 354 g/mol. The van der Waals surface area contributed by atoms with E-state index in [1.165, 1.54) is 11.8 Å². The minimum atomic E-state index is -0.0389. The number of hydrogen-bond donors (Lipinski definition) is 1. The highest BCUT2D eigenvalue weighted by atomic mass is 32.2. The minimum absolute atomic E-state index is 0.0389. The predicted molar refractivity (Wildman–Crippen MR) is 103 cm³/mol. The molecular weight excluding hydrogens is 332 g/mol. The number of thioether (sulfide) groups is 1. The van der Waals surface area contributed by atoms with Crippen LogP contribution in [0.25, 0.3) is 10.8 Å². The van der Waals surface area contributed by atoms with Crippen molar-refractivity contribution in [3.63, 3.8) is 0 Å². The maximum atomic E-state index is 12.3. The number of aromatic nitrogens is 3. The number of aryl methyl sites for hydroxylation is 1. The fourth-order valence-electron chi connectivity index (χ4n) is 2.75. The second-order valence-corrected chi connectivity index (χ2v) is 6.73. The zero-order valence-electron chi connectivity index (χ0n) is 14.5. The molecule has 0 atom stereocenters. The molecule has 1 amide bonds. The number of fused-ring (bicyclic) bond motifs is 1. The SMILES string of the molecule is CCCc1nnc(SCC(=O)Nc2ccc3ccccc3c2)n1CC. The summed E-state index contributed by atoms with van der Waals surface area (Å²) in [6, 6.07) is 14.0. The minimum Gasteiger partial charge on any atom is -0.325 e. The van der Waals surface area contributed by atoms with E-state index < -0.39 is 0 Å². The van der Waals surface area contributed by atoms with Gasteiger partial charge in [-0.2, -0.15) is 0 Å². The van der Waals surface area contributed by atoms with Crippen LogP contribution in [-0.2, 0) is 17.8 Å². The topological polar surface area (TPSA) is 59.8 Å². The highest BCUT2D eigenvalue weighted by Gasteiger charge is 2.12. The summed E-state index contributed by atoms with van der Waals surface area (Å²) < 4.78 is 2.08. The molecule has 0 bridgehead atoms. The number of amides is 1. The summed E-state index contributed by atoms with van der Waals surface area (Å²) in [6.07, 6.45) is 1.94. The van der Waals surface area contributed by atoms with Crippen LogP contribution in [-0.4, -0.2) is 26.4 Å². The quantitative estimate of drug-likeness (QED) is 0.648. The fourth-order valence-corrected chi connectivity index (χ4v) is 3.57. The Morgan fingerprint density at radius 1 is 1.12 bits per heavy atom. The largest absolute Gasteiger partial charge is 0.325 e. The molecule has 5 nitrogen and oxygen atoms in total. The highest BCUT2D eigenvalue weighted by molar-refractivity contribution is 7.99. The second-order valence-electron chi connectivity index (χ2n) is 5.79. The van der Waals surface area contributed by atoms with Crippen molar-refractivity contribution >= 4 is 34.1 Å². The smallest absolute Gasteiger partial charge is 0.234 e. The van der Waals surface area contributed by atoms with Crippen LogP contribution in [0.1, 0.15) is 26.1 Å². The summed E-state index contributed by atoms with van der Waals surface area (Å²) in [5.74, 6) is 1.27. The Labute approximate surface area is 151 Å². The third kappa shape index (κ3) is 4.20. The monoisotopic (exact) mass is 354 g/mol. The van der Waals surface area contributed by atoms with Crippen LogP contribution in [0.3, 0.4) is 0 Å². The zero-order chi connectivity index (χ0) is 17.6. The molecule has 3 aromatic rings. The van der Waals surface area contributed by atoms with E-state index >= 15 is 0 Å². The molecule has 0 radical (unpaired) electrons. The van der Waals surface area contributed by atoms with Crippen LogP contribution >= 0.6 is 11.8 Å². The molecule has 0 spiro atoms. The van der Waals surface area contributed by atoms with Crippen LogP contribution in [0, 0.1) is 0 Å². The van der Waals surface area contributed by atoms with Crippen molar-refractivity contribution < 1.29 is 4.79 Å². The maximum Gasteiger partial charge on any atom is 0.234 e. The molecule has 0 aliphatic carbocycles.